The molecule has 0 heterocycles. The summed E-state index contributed by atoms with van der Waals surface area (Å²) in [5, 5.41) is 0. The van der Waals surface area contributed by atoms with E-state index in [-0.39, 0.29) is 29.9 Å². The number of ether oxygens (including phenoxy) is 1. The number of carbonyl (C=O) groups excluding carboxylic acids is 1. The SMILES string of the molecule is C=C(C)C(=O)OCC[N+](C)(C)CCCCCCCCCCCCCCCC.[I-]. The Morgan fingerprint density at radius 2 is 1.14 bits per heavy atom. The highest BCUT2D eigenvalue weighted by atomic mass is 127. The van der Waals surface area contributed by atoms with Gasteiger partial charge in [0.1, 0.15) is 13.2 Å². The Morgan fingerprint density at radius 1 is 0.750 bits per heavy atom. The largest absolute Gasteiger partial charge is 1.00 e. The van der Waals surface area contributed by atoms with E-state index < -0.39 is 0 Å². The average molecular weight is 510 g/mol. The number of quaternary nitrogens is 1. The summed E-state index contributed by atoms with van der Waals surface area (Å²) in [6, 6.07) is 0. The van der Waals surface area contributed by atoms with Crippen molar-refractivity contribution in [3.05, 3.63) is 12.2 Å². The van der Waals surface area contributed by atoms with Gasteiger partial charge in [0.05, 0.1) is 20.6 Å². The fraction of sp³-hybridized carbons (Fsp3) is 0.875. The fourth-order valence-corrected chi connectivity index (χ4v) is 3.35. The summed E-state index contributed by atoms with van der Waals surface area (Å²) in [4.78, 5) is 11.4. The number of unbranched alkanes of at least 4 members (excludes halogenated alkanes) is 13. The van der Waals surface area contributed by atoms with Crippen LogP contribution in [0.15, 0.2) is 12.2 Å². The van der Waals surface area contributed by atoms with Crippen molar-refractivity contribution in [2.24, 2.45) is 0 Å². The van der Waals surface area contributed by atoms with Crippen molar-refractivity contribution in [3.8, 4) is 0 Å². The zero-order chi connectivity index (χ0) is 20.4. The number of esters is 1. The van der Waals surface area contributed by atoms with Crippen LogP contribution in [-0.4, -0.2) is 44.2 Å². The number of rotatable bonds is 19. The number of likely N-dealkylation sites (N-methyl/N-ethyl adjacent to an activating group) is 1. The van der Waals surface area contributed by atoms with Gasteiger partial charge in [0.2, 0.25) is 0 Å². The molecule has 0 N–H and O–H groups in total. The zero-order valence-electron chi connectivity index (χ0n) is 19.4. The number of hydrogen-bond donors (Lipinski definition) is 0. The van der Waals surface area contributed by atoms with Crippen LogP contribution in [0, 0.1) is 0 Å². The lowest BCUT2D eigenvalue weighted by atomic mass is 10.0. The number of carbonyl (C=O) groups is 1. The molecule has 0 radical (unpaired) electrons. The molecule has 0 unspecified atom stereocenters. The lowest BCUT2D eigenvalue weighted by molar-refractivity contribution is -0.890. The third-order valence-electron chi connectivity index (χ3n) is 5.40. The minimum absolute atomic E-state index is 0. The molecule has 0 aliphatic heterocycles. The standard InChI is InChI=1S/C24H48NO2.HI/c1-6-7-8-9-10-11-12-13-14-15-16-17-18-19-20-25(4,5)21-22-27-24(26)23(2)3;/h2,6-22H2,1,3-5H3;1H/q+1;/p-1. The Balaban J connectivity index is 0. The third-order valence-corrected chi connectivity index (χ3v) is 5.40. The quantitative estimate of drug-likeness (QED) is 0.0874. The minimum Gasteiger partial charge on any atom is -1.00 e. The van der Waals surface area contributed by atoms with Crippen LogP contribution in [0.3, 0.4) is 0 Å². The monoisotopic (exact) mass is 509 g/mol. The summed E-state index contributed by atoms with van der Waals surface area (Å²) in [6.07, 6.45) is 19.6. The second-order valence-corrected chi connectivity index (χ2v) is 8.90. The highest BCUT2D eigenvalue weighted by Gasteiger charge is 2.15. The van der Waals surface area contributed by atoms with E-state index in [1.54, 1.807) is 6.92 Å². The Bertz CT molecular complexity index is 383. The normalized spacial score (nSPS) is 11.1. The van der Waals surface area contributed by atoms with Gasteiger partial charge in [0.15, 0.2) is 0 Å². The van der Waals surface area contributed by atoms with Crippen molar-refractivity contribution in [1.29, 1.82) is 0 Å². The molecule has 0 bridgehead atoms. The van der Waals surface area contributed by atoms with Gasteiger partial charge in [-0.05, 0) is 19.8 Å². The molecule has 3 nitrogen and oxygen atoms in total. The van der Waals surface area contributed by atoms with E-state index in [0.717, 1.165) is 17.6 Å². The van der Waals surface area contributed by atoms with Crippen LogP contribution in [0.25, 0.3) is 0 Å². The second-order valence-electron chi connectivity index (χ2n) is 8.90. The maximum absolute atomic E-state index is 11.4. The molecule has 0 aromatic carbocycles. The predicted molar refractivity (Wildman–Crippen MR) is 118 cm³/mol. The van der Waals surface area contributed by atoms with Crippen LogP contribution in [0.4, 0.5) is 0 Å². The van der Waals surface area contributed by atoms with E-state index in [2.05, 4.69) is 27.6 Å². The molecular formula is C24H48INO2. The maximum atomic E-state index is 11.4. The van der Waals surface area contributed by atoms with Crippen molar-refractivity contribution in [3.63, 3.8) is 0 Å². The average Bonchev–Trinajstić information content (AvgIpc) is 2.61. The Morgan fingerprint density at radius 3 is 1.54 bits per heavy atom. The van der Waals surface area contributed by atoms with Gasteiger partial charge in [-0.1, -0.05) is 90.6 Å². The van der Waals surface area contributed by atoms with E-state index in [4.69, 9.17) is 4.74 Å². The van der Waals surface area contributed by atoms with Gasteiger partial charge < -0.3 is 33.2 Å². The topological polar surface area (TPSA) is 26.3 Å². The summed E-state index contributed by atoms with van der Waals surface area (Å²) in [6.45, 7) is 10.1. The van der Waals surface area contributed by atoms with Gasteiger partial charge in [-0.2, -0.15) is 0 Å². The van der Waals surface area contributed by atoms with Crippen LogP contribution in [0.5, 0.6) is 0 Å². The molecular weight excluding hydrogens is 461 g/mol. The van der Waals surface area contributed by atoms with Crippen LogP contribution in [0.1, 0.15) is 104 Å². The highest BCUT2D eigenvalue weighted by molar-refractivity contribution is 5.86. The Hall–Kier alpha value is -0.100. The van der Waals surface area contributed by atoms with E-state index >= 15 is 0 Å². The van der Waals surface area contributed by atoms with Gasteiger partial charge in [0.25, 0.3) is 0 Å². The molecule has 0 aromatic heterocycles. The summed E-state index contributed by atoms with van der Waals surface area (Å²) < 4.78 is 6.13. The predicted octanol–water partition coefficient (Wildman–Crippen LogP) is 3.67. The molecule has 0 fully saturated rings. The molecule has 0 saturated heterocycles. The molecule has 0 aromatic rings. The third kappa shape index (κ3) is 20.6. The van der Waals surface area contributed by atoms with Crippen LogP contribution in [-0.2, 0) is 9.53 Å². The summed E-state index contributed by atoms with van der Waals surface area (Å²) in [5.41, 5.74) is 0.479. The van der Waals surface area contributed by atoms with Gasteiger partial charge in [-0.3, -0.25) is 0 Å². The van der Waals surface area contributed by atoms with Crippen LogP contribution in [0.2, 0.25) is 0 Å². The molecule has 168 valence electrons. The van der Waals surface area contributed by atoms with Crippen LogP contribution < -0.4 is 24.0 Å². The van der Waals surface area contributed by atoms with Crippen molar-refractivity contribution in [1.82, 2.24) is 0 Å². The molecule has 0 saturated carbocycles. The maximum Gasteiger partial charge on any atom is 0.333 e. The summed E-state index contributed by atoms with van der Waals surface area (Å²) in [5.74, 6) is -0.272. The molecule has 0 aliphatic carbocycles. The molecule has 28 heavy (non-hydrogen) atoms. The van der Waals surface area contributed by atoms with Gasteiger partial charge in [-0.15, -0.1) is 0 Å². The molecule has 0 atom stereocenters. The Kier molecular flexibility index (Phi) is 21.7. The Labute approximate surface area is 193 Å². The highest BCUT2D eigenvalue weighted by Crippen LogP contribution is 2.13. The van der Waals surface area contributed by atoms with E-state index in [0.29, 0.717) is 12.2 Å². The lowest BCUT2D eigenvalue weighted by Gasteiger charge is -2.29. The molecule has 0 aliphatic rings. The number of nitrogens with zero attached hydrogens (tertiary/aromatic N) is 1. The first-order valence-electron chi connectivity index (χ1n) is 11.5. The second kappa shape index (κ2) is 20.2. The molecule has 0 amide bonds. The van der Waals surface area contributed by atoms with Gasteiger partial charge >= 0.3 is 5.97 Å². The van der Waals surface area contributed by atoms with Crippen molar-refractivity contribution >= 4 is 5.97 Å². The van der Waals surface area contributed by atoms with Crippen molar-refractivity contribution in [2.75, 3.05) is 33.8 Å². The molecule has 0 spiro atoms. The summed E-state index contributed by atoms with van der Waals surface area (Å²) in [7, 11) is 4.44. The van der Waals surface area contributed by atoms with Crippen molar-refractivity contribution < 1.29 is 38.0 Å². The minimum atomic E-state index is -0.272. The number of hydrogen-bond acceptors (Lipinski definition) is 2. The molecule has 0 rings (SSSR count). The van der Waals surface area contributed by atoms with Gasteiger partial charge in [0, 0.05) is 5.57 Å². The lowest BCUT2D eigenvalue weighted by Crippen LogP contribution is -3.00. The first-order valence-corrected chi connectivity index (χ1v) is 11.5. The first-order chi connectivity index (χ1) is 12.9. The number of halogens is 1. The van der Waals surface area contributed by atoms with Crippen LogP contribution >= 0.6 is 0 Å². The van der Waals surface area contributed by atoms with Gasteiger partial charge in [-0.25, -0.2) is 4.79 Å². The zero-order valence-corrected chi connectivity index (χ0v) is 21.5. The molecule has 4 heteroatoms. The summed E-state index contributed by atoms with van der Waals surface area (Å²) >= 11 is 0. The smallest absolute Gasteiger partial charge is 0.333 e. The van der Waals surface area contributed by atoms with Crippen molar-refractivity contribution in [2.45, 2.75) is 104 Å². The van der Waals surface area contributed by atoms with E-state index in [1.165, 1.54) is 89.9 Å². The first kappa shape index (κ1) is 30.1. The fourth-order valence-electron chi connectivity index (χ4n) is 3.35. The van der Waals surface area contributed by atoms with E-state index in [1.807, 2.05) is 0 Å². The van der Waals surface area contributed by atoms with E-state index in [9.17, 15) is 4.79 Å².